The Morgan fingerprint density at radius 2 is 1.79 bits per heavy atom. The molecule has 7 nitrogen and oxygen atoms in total. The molecule has 8 heteroatoms. The van der Waals surface area contributed by atoms with Gasteiger partial charge in [0.1, 0.15) is 5.82 Å². The van der Waals surface area contributed by atoms with Gasteiger partial charge in [0, 0.05) is 19.0 Å². The number of halogens is 1. The third-order valence-electron chi connectivity index (χ3n) is 6.41. The highest BCUT2D eigenvalue weighted by Gasteiger charge is 2.31. The van der Waals surface area contributed by atoms with Crippen LogP contribution in [0.15, 0.2) is 30.3 Å². The van der Waals surface area contributed by atoms with Crippen LogP contribution in [-0.4, -0.2) is 52.1 Å². The van der Waals surface area contributed by atoms with Crippen LogP contribution < -0.4 is 4.90 Å². The number of pyridine rings is 1. The van der Waals surface area contributed by atoms with Crippen molar-refractivity contribution in [3.8, 4) is 5.69 Å². The van der Waals surface area contributed by atoms with Crippen molar-refractivity contribution < 1.29 is 19.0 Å². The Balaban J connectivity index is 0.00000126. The van der Waals surface area contributed by atoms with Crippen molar-refractivity contribution in [2.24, 2.45) is 0 Å². The number of aliphatic hydroxyl groups is 1. The number of hydrogen-bond donors (Lipinski definition) is 1. The van der Waals surface area contributed by atoms with E-state index in [0.29, 0.717) is 43.2 Å². The van der Waals surface area contributed by atoms with Gasteiger partial charge in [0.2, 0.25) is 0 Å². The number of nitrogens with zero attached hydrogens (tertiary/aromatic N) is 4. The smallest absolute Gasteiger partial charge is 0.356 e. The van der Waals surface area contributed by atoms with Crippen LogP contribution in [-0.2, 0) is 4.74 Å². The number of ether oxygens (including phenoxy) is 1. The molecule has 1 saturated carbocycles. The lowest BCUT2D eigenvalue weighted by Crippen LogP contribution is -2.36. The number of fused-ring (bicyclic) bond motifs is 1. The number of anilines is 1. The van der Waals surface area contributed by atoms with Crippen LogP contribution >= 0.6 is 0 Å². The fourth-order valence-electron chi connectivity index (χ4n) is 4.42. The molecule has 0 unspecified atom stereocenters. The summed E-state index contributed by atoms with van der Waals surface area (Å²) in [4.78, 5) is 19.3. The van der Waals surface area contributed by atoms with Gasteiger partial charge >= 0.3 is 5.97 Å². The predicted octanol–water partition coefficient (Wildman–Crippen LogP) is 4.60. The van der Waals surface area contributed by atoms with E-state index < -0.39 is 5.97 Å². The van der Waals surface area contributed by atoms with Crippen LogP contribution in [0, 0.1) is 5.82 Å². The number of methoxy groups -OCH3 is 1. The van der Waals surface area contributed by atoms with Crippen molar-refractivity contribution in [2.45, 2.75) is 58.0 Å². The summed E-state index contributed by atoms with van der Waals surface area (Å²) in [6.45, 7) is 5.37. The lowest BCUT2D eigenvalue weighted by molar-refractivity contribution is 0.0594. The predicted molar refractivity (Wildman–Crippen MR) is 126 cm³/mol. The molecule has 5 rings (SSSR count). The zero-order chi connectivity index (χ0) is 23.5. The van der Waals surface area contributed by atoms with E-state index in [2.05, 4.69) is 9.88 Å². The molecule has 0 radical (unpaired) electrons. The number of aliphatic hydroxyl groups excluding tert-OH is 1. The first-order valence-electron chi connectivity index (χ1n) is 11.8. The molecule has 33 heavy (non-hydrogen) atoms. The number of esters is 1. The van der Waals surface area contributed by atoms with Crippen LogP contribution in [0.2, 0.25) is 0 Å². The van der Waals surface area contributed by atoms with Crippen molar-refractivity contribution in [3.05, 3.63) is 47.5 Å². The molecule has 1 saturated heterocycles. The van der Waals surface area contributed by atoms with Crippen molar-refractivity contribution in [2.75, 3.05) is 25.1 Å². The van der Waals surface area contributed by atoms with E-state index >= 15 is 0 Å². The molecule has 0 spiro atoms. The van der Waals surface area contributed by atoms with Crippen LogP contribution in [0.5, 0.6) is 0 Å². The van der Waals surface area contributed by atoms with Crippen molar-refractivity contribution in [3.63, 3.8) is 0 Å². The first-order chi connectivity index (χ1) is 16.0. The molecule has 1 N–H and O–H groups in total. The Hall–Kier alpha value is -3.00. The summed E-state index contributed by atoms with van der Waals surface area (Å²) in [6.07, 6.45) is 4.32. The van der Waals surface area contributed by atoms with Crippen LogP contribution in [0.3, 0.4) is 0 Å². The molecule has 1 aliphatic carbocycles. The molecule has 0 amide bonds. The van der Waals surface area contributed by atoms with Gasteiger partial charge in [-0.25, -0.2) is 18.9 Å². The summed E-state index contributed by atoms with van der Waals surface area (Å²) in [6, 6.07) is 7.89. The van der Waals surface area contributed by atoms with Gasteiger partial charge in [-0.3, -0.25) is 0 Å². The second-order valence-corrected chi connectivity index (χ2v) is 8.34. The maximum Gasteiger partial charge on any atom is 0.356 e. The molecular weight excluding hydrogens is 423 g/mol. The summed E-state index contributed by atoms with van der Waals surface area (Å²) in [5.41, 5.74) is 3.33. The third kappa shape index (κ3) is 4.44. The Bertz CT molecular complexity index is 1120. The Morgan fingerprint density at radius 1 is 1.12 bits per heavy atom. The van der Waals surface area contributed by atoms with Crippen molar-refractivity contribution in [1.82, 2.24) is 14.8 Å². The average Bonchev–Trinajstić information content (AvgIpc) is 3.18. The highest BCUT2D eigenvalue weighted by molar-refractivity contribution is 5.99. The van der Waals surface area contributed by atoms with E-state index in [4.69, 9.17) is 9.84 Å². The van der Waals surface area contributed by atoms with E-state index in [0.717, 1.165) is 36.0 Å². The second kappa shape index (κ2) is 9.87. The van der Waals surface area contributed by atoms with Gasteiger partial charge in [0.15, 0.2) is 11.3 Å². The number of hydrogen-bond acceptors (Lipinski definition) is 6. The largest absolute Gasteiger partial charge is 0.464 e. The molecule has 1 aromatic carbocycles. The fourth-order valence-corrected chi connectivity index (χ4v) is 4.42. The zero-order valence-electron chi connectivity index (χ0n) is 19.4. The fraction of sp³-hybridized carbons (Fsp3) is 0.480. The SMILES string of the molecule is CC.COC(=O)c1cc(N2CCC(O)CC2)c2c(C3CCC3)nn(-c3ccc(F)cc3)c2n1. The molecule has 2 fully saturated rings. The quantitative estimate of drug-likeness (QED) is 0.581. The second-order valence-electron chi connectivity index (χ2n) is 8.34. The van der Waals surface area contributed by atoms with Crippen LogP contribution in [0.25, 0.3) is 16.7 Å². The van der Waals surface area contributed by atoms with Crippen LogP contribution in [0.4, 0.5) is 10.1 Å². The maximum absolute atomic E-state index is 13.5. The third-order valence-corrected chi connectivity index (χ3v) is 6.41. The highest BCUT2D eigenvalue weighted by Crippen LogP contribution is 2.43. The Kier molecular flexibility index (Phi) is 6.93. The Labute approximate surface area is 193 Å². The number of benzene rings is 1. The lowest BCUT2D eigenvalue weighted by atomic mass is 9.82. The van der Waals surface area contributed by atoms with Gasteiger partial charge in [-0.05, 0) is 56.0 Å². The van der Waals surface area contributed by atoms with Crippen LogP contribution in [0.1, 0.15) is 68.1 Å². The number of piperidine rings is 1. The van der Waals surface area contributed by atoms with Gasteiger partial charge in [-0.15, -0.1) is 0 Å². The average molecular weight is 455 g/mol. The van der Waals surface area contributed by atoms with E-state index in [-0.39, 0.29) is 17.6 Å². The summed E-state index contributed by atoms with van der Waals surface area (Å²) in [7, 11) is 1.34. The summed E-state index contributed by atoms with van der Waals surface area (Å²) < 4.78 is 20.2. The summed E-state index contributed by atoms with van der Waals surface area (Å²) >= 11 is 0. The minimum Gasteiger partial charge on any atom is -0.464 e. The van der Waals surface area contributed by atoms with E-state index in [1.165, 1.54) is 19.2 Å². The molecule has 176 valence electrons. The Morgan fingerprint density at radius 3 is 2.36 bits per heavy atom. The van der Waals surface area contributed by atoms with E-state index in [1.54, 1.807) is 22.9 Å². The monoisotopic (exact) mass is 454 g/mol. The normalized spacial score (nSPS) is 16.8. The highest BCUT2D eigenvalue weighted by atomic mass is 19.1. The number of rotatable bonds is 4. The van der Waals surface area contributed by atoms with Gasteiger partial charge in [-0.2, -0.15) is 5.10 Å². The number of carbonyl (C=O) groups excluding carboxylic acids is 1. The van der Waals surface area contributed by atoms with Gasteiger partial charge < -0.3 is 14.7 Å². The molecule has 3 heterocycles. The van der Waals surface area contributed by atoms with E-state index in [9.17, 15) is 14.3 Å². The van der Waals surface area contributed by atoms with Crippen molar-refractivity contribution in [1.29, 1.82) is 0 Å². The molecule has 2 aliphatic rings. The zero-order valence-corrected chi connectivity index (χ0v) is 19.4. The molecular formula is C25H31FN4O3. The number of aromatic nitrogens is 3. The molecule has 3 aromatic rings. The first-order valence-corrected chi connectivity index (χ1v) is 11.8. The standard InChI is InChI=1S/C23H25FN4O3.C2H6/c1-31-23(30)18-13-19(27-11-9-17(29)10-12-27)20-21(14-3-2-4-14)26-28(22(20)25-18)16-7-5-15(24)6-8-16;1-2/h5-8,13-14,17,29H,2-4,9-12H2,1H3;1-2H3. The van der Waals surface area contributed by atoms with E-state index in [1.807, 2.05) is 13.8 Å². The molecule has 0 bridgehead atoms. The minimum atomic E-state index is -0.516. The topological polar surface area (TPSA) is 80.5 Å². The number of carbonyl (C=O) groups is 1. The van der Waals surface area contributed by atoms with Gasteiger partial charge in [-0.1, -0.05) is 20.3 Å². The van der Waals surface area contributed by atoms with Gasteiger partial charge in [0.25, 0.3) is 0 Å². The maximum atomic E-state index is 13.5. The lowest BCUT2D eigenvalue weighted by Gasteiger charge is -2.33. The van der Waals surface area contributed by atoms with Gasteiger partial charge in [0.05, 0.1) is 35.7 Å². The minimum absolute atomic E-state index is 0.208. The summed E-state index contributed by atoms with van der Waals surface area (Å²) in [5, 5.41) is 15.8. The summed E-state index contributed by atoms with van der Waals surface area (Å²) in [5.74, 6) is -0.503. The molecule has 2 aromatic heterocycles. The molecule has 1 aliphatic heterocycles. The first kappa shape index (κ1) is 23.2. The molecule has 0 atom stereocenters. The van der Waals surface area contributed by atoms with Crippen molar-refractivity contribution >= 4 is 22.7 Å².